The highest BCUT2D eigenvalue weighted by atomic mass is 16.6. The molecule has 1 heterocycles. The second kappa shape index (κ2) is 3.92. The highest BCUT2D eigenvalue weighted by Crippen LogP contribution is 2.43. The van der Waals surface area contributed by atoms with Crippen molar-refractivity contribution in [2.24, 2.45) is 17.8 Å². The van der Waals surface area contributed by atoms with E-state index in [1.165, 1.54) is 0 Å². The van der Waals surface area contributed by atoms with E-state index < -0.39 is 18.0 Å². The fourth-order valence-corrected chi connectivity index (χ4v) is 2.53. The quantitative estimate of drug-likeness (QED) is 0.400. The SMILES string of the molecule is O=C1O[C@H]2C=C(CO)C(CO)C2[C@@H]1CO. The number of hydrogen-bond donors (Lipinski definition) is 3. The van der Waals surface area contributed by atoms with Gasteiger partial charge >= 0.3 is 5.97 Å². The summed E-state index contributed by atoms with van der Waals surface area (Å²) < 4.78 is 5.06. The normalized spacial score (nSPS) is 38.9. The number of fused-ring (bicyclic) bond motifs is 1. The molecule has 1 fully saturated rings. The Morgan fingerprint density at radius 3 is 2.40 bits per heavy atom. The molecule has 0 saturated carbocycles. The first kappa shape index (κ1) is 10.6. The van der Waals surface area contributed by atoms with E-state index in [1.54, 1.807) is 6.08 Å². The van der Waals surface area contributed by atoms with Crippen molar-refractivity contribution in [3.63, 3.8) is 0 Å². The zero-order chi connectivity index (χ0) is 11.0. The lowest BCUT2D eigenvalue weighted by molar-refractivity contribution is -0.143. The first-order valence-corrected chi connectivity index (χ1v) is 4.96. The standard InChI is InChI=1S/C10H14O5/c11-2-5-1-8-9(6(5)3-12)7(4-13)10(14)15-8/h1,6-9,11-13H,2-4H2/t6?,7-,8-,9?/m0/s1. The third-order valence-corrected chi connectivity index (χ3v) is 3.29. The zero-order valence-corrected chi connectivity index (χ0v) is 8.17. The largest absolute Gasteiger partial charge is 0.457 e. The van der Waals surface area contributed by atoms with Gasteiger partial charge < -0.3 is 20.1 Å². The molecule has 5 heteroatoms. The van der Waals surface area contributed by atoms with Crippen molar-refractivity contribution in [1.29, 1.82) is 0 Å². The van der Waals surface area contributed by atoms with Gasteiger partial charge in [0.05, 0.1) is 25.7 Å². The van der Waals surface area contributed by atoms with Crippen LogP contribution in [0.4, 0.5) is 0 Å². The molecule has 0 spiro atoms. The summed E-state index contributed by atoms with van der Waals surface area (Å²) in [4.78, 5) is 11.3. The molecule has 84 valence electrons. The third-order valence-electron chi connectivity index (χ3n) is 3.29. The summed E-state index contributed by atoms with van der Waals surface area (Å²) >= 11 is 0. The van der Waals surface area contributed by atoms with Gasteiger partial charge in [-0.1, -0.05) is 0 Å². The summed E-state index contributed by atoms with van der Waals surface area (Å²) in [5.41, 5.74) is 0.693. The van der Waals surface area contributed by atoms with Crippen LogP contribution in [0.25, 0.3) is 0 Å². The summed E-state index contributed by atoms with van der Waals surface area (Å²) in [7, 11) is 0. The fourth-order valence-electron chi connectivity index (χ4n) is 2.53. The average Bonchev–Trinajstić information content (AvgIpc) is 2.71. The van der Waals surface area contributed by atoms with Crippen molar-refractivity contribution < 1.29 is 24.9 Å². The van der Waals surface area contributed by atoms with E-state index in [-0.39, 0.29) is 31.7 Å². The molecule has 0 radical (unpaired) electrons. The predicted molar refractivity (Wildman–Crippen MR) is 49.7 cm³/mol. The summed E-state index contributed by atoms with van der Waals surface area (Å²) in [5, 5.41) is 27.4. The number of ether oxygens (including phenoxy) is 1. The Balaban J connectivity index is 2.25. The van der Waals surface area contributed by atoms with Crippen molar-refractivity contribution in [1.82, 2.24) is 0 Å². The van der Waals surface area contributed by atoms with Crippen LogP contribution < -0.4 is 0 Å². The first-order valence-electron chi connectivity index (χ1n) is 4.96. The molecule has 4 atom stereocenters. The first-order chi connectivity index (χ1) is 7.22. The second-order valence-electron chi connectivity index (χ2n) is 3.96. The number of aliphatic hydroxyl groups excluding tert-OH is 3. The number of aliphatic hydroxyl groups is 3. The highest BCUT2D eigenvalue weighted by molar-refractivity contribution is 5.76. The molecule has 15 heavy (non-hydrogen) atoms. The van der Waals surface area contributed by atoms with Gasteiger partial charge in [0.1, 0.15) is 6.10 Å². The summed E-state index contributed by atoms with van der Waals surface area (Å²) in [6, 6.07) is 0. The Hall–Kier alpha value is -0.910. The molecule has 0 aromatic heterocycles. The smallest absolute Gasteiger partial charge is 0.312 e. The monoisotopic (exact) mass is 214 g/mol. The Morgan fingerprint density at radius 2 is 1.87 bits per heavy atom. The number of carbonyl (C=O) groups is 1. The van der Waals surface area contributed by atoms with Crippen molar-refractivity contribution in [2.75, 3.05) is 19.8 Å². The van der Waals surface area contributed by atoms with Gasteiger partial charge in [-0.05, 0) is 11.6 Å². The van der Waals surface area contributed by atoms with E-state index in [4.69, 9.17) is 14.9 Å². The Labute approximate surface area is 87.0 Å². The van der Waals surface area contributed by atoms with E-state index in [0.29, 0.717) is 5.57 Å². The van der Waals surface area contributed by atoms with Gasteiger partial charge in [-0.3, -0.25) is 4.79 Å². The van der Waals surface area contributed by atoms with Gasteiger partial charge in [0, 0.05) is 11.8 Å². The van der Waals surface area contributed by atoms with E-state index in [0.717, 1.165) is 0 Å². The lowest BCUT2D eigenvalue weighted by atomic mass is 9.82. The number of esters is 1. The van der Waals surface area contributed by atoms with Crippen LogP contribution in [0.1, 0.15) is 0 Å². The topological polar surface area (TPSA) is 87.0 Å². The molecule has 0 aromatic rings. The van der Waals surface area contributed by atoms with Crippen molar-refractivity contribution in [3.05, 3.63) is 11.6 Å². The molecule has 0 amide bonds. The molecule has 2 aliphatic rings. The minimum atomic E-state index is -0.576. The van der Waals surface area contributed by atoms with Gasteiger partial charge in [0.2, 0.25) is 0 Å². The van der Waals surface area contributed by atoms with Crippen LogP contribution in [-0.2, 0) is 9.53 Å². The van der Waals surface area contributed by atoms with E-state index >= 15 is 0 Å². The minimum absolute atomic E-state index is 0.138. The molecule has 0 aromatic carbocycles. The van der Waals surface area contributed by atoms with Gasteiger partial charge in [-0.2, -0.15) is 0 Å². The van der Waals surface area contributed by atoms with Crippen molar-refractivity contribution in [2.45, 2.75) is 6.10 Å². The van der Waals surface area contributed by atoms with Crippen LogP contribution in [0, 0.1) is 17.8 Å². The second-order valence-corrected chi connectivity index (χ2v) is 3.96. The average molecular weight is 214 g/mol. The Morgan fingerprint density at radius 1 is 1.20 bits per heavy atom. The summed E-state index contributed by atoms with van der Waals surface area (Å²) in [6.45, 7) is -0.558. The maximum Gasteiger partial charge on any atom is 0.312 e. The molecule has 0 bridgehead atoms. The summed E-state index contributed by atoms with van der Waals surface area (Å²) in [5.74, 6) is -1.50. The third kappa shape index (κ3) is 1.47. The van der Waals surface area contributed by atoms with Crippen molar-refractivity contribution in [3.8, 4) is 0 Å². The van der Waals surface area contributed by atoms with Gasteiger partial charge in [-0.25, -0.2) is 0 Å². The predicted octanol–water partition coefficient (Wildman–Crippen LogP) is -1.32. The van der Waals surface area contributed by atoms with E-state index in [1.807, 2.05) is 0 Å². The van der Waals surface area contributed by atoms with Crippen LogP contribution in [0.3, 0.4) is 0 Å². The van der Waals surface area contributed by atoms with Crippen LogP contribution in [0.5, 0.6) is 0 Å². The molecule has 1 saturated heterocycles. The molecular weight excluding hydrogens is 200 g/mol. The van der Waals surface area contributed by atoms with Crippen LogP contribution in [0.2, 0.25) is 0 Å². The van der Waals surface area contributed by atoms with Crippen molar-refractivity contribution >= 4 is 5.97 Å². The molecular formula is C10H14O5. The van der Waals surface area contributed by atoms with Crippen LogP contribution in [-0.4, -0.2) is 47.2 Å². The number of rotatable bonds is 3. The van der Waals surface area contributed by atoms with Crippen LogP contribution in [0.15, 0.2) is 11.6 Å². The molecule has 2 unspecified atom stereocenters. The Kier molecular flexibility index (Phi) is 2.77. The van der Waals surface area contributed by atoms with Crippen LogP contribution >= 0.6 is 0 Å². The molecule has 3 N–H and O–H groups in total. The zero-order valence-electron chi connectivity index (χ0n) is 8.17. The maximum atomic E-state index is 11.3. The minimum Gasteiger partial charge on any atom is -0.457 e. The van der Waals surface area contributed by atoms with Gasteiger partial charge in [0.15, 0.2) is 0 Å². The maximum absolute atomic E-state index is 11.3. The lowest BCUT2D eigenvalue weighted by Crippen LogP contribution is -2.29. The van der Waals surface area contributed by atoms with E-state index in [2.05, 4.69) is 0 Å². The molecule has 1 aliphatic heterocycles. The van der Waals surface area contributed by atoms with Gasteiger partial charge in [0.25, 0.3) is 0 Å². The lowest BCUT2D eigenvalue weighted by Gasteiger charge is -2.20. The molecule has 2 rings (SSSR count). The summed E-state index contributed by atoms with van der Waals surface area (Å²) in [6.07, 6.45) is 1.29. The molecule has 1 aliphatic carbocycles. The number of hydrogen-bond acceptors (Lipinski definition) is 5. The fraction of sp³-hybridized carbons (Fsp3) is 0.700. The Bertz CT molecular complexity index is 298. The molecule has 5 nitrogen and oxygen atoms in total. The van der Waals surface area contributed by atoms with Gasteiger partial charge in [-0.15, -0.1) is 0 Å². The highest BCUT2D eigenvalue weighted by Gasteiger charge is 2.51. The van der Waals surface area contributed by atoms with E-state index in [9.17, 15) is 9.90 Å². The number of carbonyl (C=O) groups excluding carboxylic acids is 1.